The topological polar surface area (TPSA) is 169 Å². The van der Waals surface area contributed by atoms with Crippen molar-refractivity contribution in [3.8, 4) is 0 Å². The molecule has 2 heterocycles. The van der Waals surface area contributed by atoms with Gasteiger partial charge < -0.3 is 50.0 Å². The van der Waals surface area contributed by atoms with Gasteiger partial charge in [-0.05, 0) is 117 Å². The fraction of sp³-hybridized carbons (Fsp3) is 1.00. The monoisotopic (exact) mass is 652 g/mol. The summed E-state index contributed by atoms with van der Waals surface area (Å²) in [6.07, 6.45) is -0.708. The fourth-order valence-corrected chi connectivity index (χ4v) is 13.7. The standard InChI is InChI=1S/C36H60O10/c1-30(2)22(45-29-26(42)25(41)24(40)20(16-37)44-29)9-11-36-17-35(36)13-12-32(5)28(34(7)10-8-23(46-34)31(3,4)43)19(39)15-33(32,6)21(35)14-18(38)27(30)36/h18-29,37-43H,8-17H2,1-7H3/t18-,19+,20+,21-,22+,23-,24+,25-,26+,27+,28+,29-,32+,33-,34+,35-,36+/m0/s1. The summed E-state index contributed by atoms with van der Waals surface area (Å²) >= 11 is 0. The van der Waals surface area contributed by atoms with Crippen LogP contribution < -0.4 is 0 Å². The van der Waals surface area contributed by atoms with E-state index in [4.69, 9.17) is 14.2 Å². The first-order valence-corrected chi connectivity index (χ1v) is 17.9. The van der Waals surface area contributed by atoms with Crippen molar-refractivity contribution in [3.05, 3.63) is 0 Å². The Morgan fingerprint density at radius 2 is 1.48 bits per heavy atom. The van der Waals surface area contributed by atoms with E-state index >= 15 is 0 Å². The van der Waals surface area contributed by atoms with Gasteiger partial charge in [-0.25, -0.2) is 0 Å². The summed E-state index contributed by atoms with van der Waals surface area (Å²) in [6.45, 7) is 14.3. The Hall–Kier alpha value is -0.400. The predicted molar refractivity (Wildman–Crippen MR) is 167 cm³/mol. The average Bonchev–Trinajstić information content (AvgIpc) is 3.31. The van der Waals surface area contributed by atoms with Gasteiger partial charge in [0, 0.05) is 5.92 Å². The summed E-state index contributed by atoms with van der Waals surface area (Å²) < 4.78 is 18.8. The average molecular weight is 653 g/mol. The van der Waals surface area contributed by atoms with E-state index in [2.05, 4.69) is 34.6 Å². The lowest BCUT2D eigenvalue weighted by atomic mass is 9.41. The van der Waals surface area contributed by atoms with Gasteiger partial charge in [0.05, 0.1) is 42.2 Å². The zero-order valence-corrected chi connectivity index (χ0v) is 28.9. The van der Waals surface area contributed by atoms with Gasteiger partial charge in [0.25, 0.3) is 0 Å². The Morgan fingerprint density at radius 3 is 2.11 bits per heavy atom. The molecule has 46 heavy (non-hydrogen) atoms. The molecule has 0 bridgehead atoms. The summed E-state index contributed by atoms with van der Waals surface area (Å²) in [5, 5.41) is 75.9. The van der Waals surface area contributed by atoms with Crippen molar-refractivity contribution >= 4 is 0 Å². The van der Waals surface area contributed by atoms with E-state index in [1.165, 1.54) is 0 Å². The third-order valence-electron chi connectivity index (χ3n) is 15.9. The first-order valence-electron chi connectivity index (χ1n) is 17.9. The first kappa shape index (κ1) is 34.1. The minimum Gasteiger partial charge on any atom is -0.394 e. The van der Waals surface area contributed by atoms with Crippen LogP contribution in [0.25, 0.3) is 0 Å². The Balaban J connectivity index is 1.15. The maximum atomic E-state index is 12.2. The zero-order valence-electron chi connectivity index (χ0n) is 28.9. The van der Waals surface area contributed by atoms with Crippen LogP contribution in [0.5, 0.6) is 0 Å². The molecule has 7 rings (SSSR count). The molecular weight excluding hydrogens is 592 g/mol. The van der Waals surface area contributed by atoms with Crippen molar-refractivity contribution < 1.29 is 50.0 Å². The van der Waals surface area contributed by atoms with Crippen LogP contribution in [0.2, 0.25) is 0 Å². The van der Waals surface area contributed by atoms with Crippen LogP contribution in [0.15, 0.2) is 0 Å². The molecule has 5 saturated carbocycles. The zero-order chi connectivity index (χ0) is 33.6. The minimum absolute atomic E-state index is 0.0295. The van der Waals surface area contributed by atoms with Crippen molar-refractivity contribution in [1.29, 1.82) is 0 Å². The molecule has 2 saturated heterocycles. The maximum absolute atomic E-state index is 12.2. The van der Waals surface area contributed by atoms with Crippen molar-refractivity contribution in [1.82, 2.24) is 0 Å². The molecule has 2 spiro atoms. The van der Waals surface area contributed by atoms with Crippen LogP contribution in [0, 0.1) is 44.8 Å². The highest BCUT2D eigenvalue weighted by Gasteiger charge is 2.85. The second kappa shape index (κ2) is 10.3. The Bertz CT molecular complexity index is 1200. The molecule has 0 radical (unpaired) electrons. The van der Waals surface area contributed by atoms with Gasteiger partial charge in [-0.1, -0.05) is 27.7 Å². The predicted octanol–water partition coefficient (Wildman–Crippen LogP) is 2.26. The first-order chi connectivity index (χ1) is 21.2. The van der Waals surface area contributed by atoms with Gasteiger partial charge in [-0.2, -0.15) is 0 Å². The van der Waals surface area contributed by atoms with Crippen molar-refractivity contribution in [2.24, 2.45) is 44.8 Å². The summed E-state index contributed by atoms with van der Waals surface area (Å²) in [5.74, 6) is 0.176. The number of rotatable bonds is 5. The SMILES string of the molecule is CC(C)(O)[C@@H]1CC[C@](C)([C@@H]2[C@H](O)C[C@@]3(C)[C@@H]4C[C@H](O)[C@@H]5C(C)(C)[C@H](O[C@@H]6O[C@H](CO)[C@@H](O)[C@H](O)[C@H]6O)CC[C@@]56C[C@@]46CC[C@]23C)O1. The molecule has 0 aromatic rings. The molecule has 7 N–H and O–H groups in total. The quantitative estimate of drug-likeness (QED) is 0.219. The second-order valence-electron chi connectivity index (χ2n) is 18.7. The van der Waals surface area contributed by atoms with E-state index in [0.717, 1.165) is 38.5 Å². The molecule has 5 aliphatic carbocycles. The van der Waals surface area contributed by atoms with E-state index < -0.39 is 66.1 Å². The number of hydrogen-bond donors (Lipinski definition) is 7. The molecule has 10 nitrogen and oxygen atoms in total. The minimum atomic E-state index is -1.50. The second-order valence-corrected chi connectivity index (χ2v) is 18.7. The van der Waals surface area contributed by atoms with Crippen LogP contribution in [-0.4, -0.2) is 109 Å². The fourth-order valence-electron chi connectivity index (χ4n) is 13.7. The summed E-state index contributed by atoms with van der Waals surface area (Å²) in [7, 11) is 0. The highest BCUT2D eigenvalue weighted by molar-refractivity contribution is 5.33. The van der Waals surface area contributed by atoms with Crippen LogP contribution in [0.1, 0.15) is 106 Å². The Labute approximate surface area is 273 Å². The highest BCUT2D eigenvalue weighted by Crippen LogP contribution is 2.89. The summed E-state index contributed by atoms with van der Waals surface area (Å²) in [4.78, 5) is 0. The lowest BCUT2D eigenvalue weighted by Crippen LogP contribution is -2.64. The van der Waals surface area contributed by atoms with E-state index in [1.54, 1.807) is 0 Å². The molecule has 7 aliphatic rings. The molecule has 0 unspecified atom stereocenters. The van der Waals surface area contributed by atoms with Crippen molar-refractivity contribution in [2.45, 2.75) is 173 Å². The van der Waals surface area contributed by atoms with Crippen LogP contribution >= 0.6 is 0 Å². The van der Waals surface area contributed by atoms with Crippen LogP contribution in [0.4, 0.5) is 0 Å². The number of aliphatic hydroxyl groups excluding tert-OH is 6. The molecule has 0 aromatic carbocycles. The molecule has 7 fully saturated rings. The largest absolute Gasteiger partial charge is 0.394 e. The maximum Gasteiger partial charge on any atom is 0.186 e. The van der Waals surface area contributed by atoms with Crippen molar-refractivity contribution in [2.75, 3.05) is 6.61 Å². The lowest BCUT2D eigenvalue weighted by molar-refractivity contribution is -0.329. The lowest BCUT2D eigenvalue weighted by Gasteiger charge is -2.64. The smallest absolute Gasteiger partial charge is 0.186 e. The normalized spacial score (nSPS) is 59.3. The molecule has 10 heteroatoms. The van der Waals surface area contributed by atoms with Crippen molar-refractivity contribution in [3.63, 3.8) is 0 Å². The number of fused-ring (bicyclic) bond motifs is 2. The molecule has 2 aliphatic heterocycles. The Kier molecular flexibility index (Phi) is 7.65. The van der Waals surface area contributed by atoms with E-state index in [-0.39, 0.29) is 51.6 Å². The van der Waals surface area contributed by atoms with E-state index in [0.29, 0.717) is 19.3 Å². The third-order valence-corrected chi connectivity index (χ3v) is 15.9. The molecular formula is C36H60O10. The summed E-state index contributed by atoms with van der Waals surface area (Å²) in [6, 6.07) is 0. The highest BCUT2D eigenvalue weighted by atomic mass is 16.7. The van der Waals surface area contributed by atoms with Gasteiger partial charge in [0.2, 0.25) is 0 Å². The number of ether oxygens (including phenoxy) is 3. The van der Waals surface area contributed by atoms with Crippen LogP contribution in [0.3, 0.4) is 0 Å². The number of aliphatic hydroxyl groups is 7. The summed E-state index contributed by atoms with van der Waals surface area (Å²) in [5.41, 5.74) is -2.26. The molecule has 0 aromatic heterocycles. The number of hydrogen-bond acceptors (Lipinski definition) is 10. The van der Waals surface area contributed by atoms with Gasteiger partial charge >= 0.3 is 0 Å². The third kappa shape index (κ3) is 4.24. The van der Waals surface area contributed by atoms with Gasteiger partial charge in [-0.15, -0.1) is 0 Å². The van der Waals surface area contributed by atoms with Crippen LogP contribution in [-0.2, 0) is 14.2 Å². The molecule has 17 atom stereocenters. The molecule has 0 amide bonds. The van der Waals surface area contributed by atoms with E-state index in [9.17, 15) is 35.7 Å². The molecule has 264 valence electrons. The van der Waals surface area contributed by atoms with E-state index in [1.807, 2.05) is 13.8 Å². The van der Waals surface area contributed by atoms with Gasteiger partial charge in [0.1, 0.15) is 24.4 Å². The van der Waals surface area contributed by atoms with Gasteiger partial charge in [0.15, 0.2) is 6.29 Å². The van der Waals surface area contributed by atoms with Gasteiger partial charge in [-0.3, -0.25) is 0 Å². The Morgan fingerprint density at radius 1 is 0.783 bits per heavy atom.